The van der Waals surface area contributed by atoms with Crippen molar-refractivity contribution in [3.05, 3.63) is 23.7 Å². The molecular weight excluding hydrogens is 107 g/mol. The maximum atomic E-state index is 5.61. The SMILES string of the molecule is [B]/C(=C\C=C/C)C(C)C. The van der Waals surface area contributed by atoms with Gasteiger partial charge in [-0.05, 0) is 12.8 Å². The fourth-order valence-corrected chi connectivity index (χ4v) is 0.400. The van der Waals surface area contributed by atoms with E-state index < -0.39 is 0 Å². The molecule has 0 atom stereocenters. The summed E-state index contributed by atoms with van der Waals surface area (Å²) in [6.45, 7) is 6.13. The van der Waals surface area contributed by atoms with E-state index >= 15 is 0 Å². The van der Waals surface area contributed by atoms with Gasteiger partial charge in [0.15, 0.2) is 0 Å². The Kier molecular flexibility index (Phi) is 4.20. The Balaban J connectivity index is 3.84. The molecule has 0 aliphatic carbocycles. The van der Waals surface area contributed by atoms with E-state index in [1.807, 2.05) is 25.2 Å². The monoisotopic (exact) mass is 120 g/mol. The van der Waals surface area contributed by atoms with Gasteiger partial charge in [0, 0.05) is 0 Å². The second-order valence-electron chi connectivity index (χ2n) is 2.35. The molecule has 2 radical (unpaired) electrons. The Hall–Kier alpha value is -0.455. The lowest BCUT2D eigenvalue weighted by Crippen LogP contribution is -1.91. The van der Waals surface area contributed by atoms with Crippen LogP contribution in [0.15, 0.2) is 23.7 Å². The molecule has 1 heteroatoms. The molecule has 0 amide bonds. The third-order valence-electron chi connectivity index (χ3n) is 1.15. The Bertz CT molecular complexity index is 121. The first kappa shape index (κ1) is 8.54. The topological polar surface area (TPSA) is 0 Å². The predicted octanol–water partition coefficient (Wildman–Crippen LogP) is 2.27. The minimum absolute atomic E-state index is 0.459. The highest BCUT2D eigenvalue weighted by atomic mass is 13.9. The fraction of sp³-hybridized carbons (Fsp3) is 0.500. The highest BCUT2D eigenvalue weighted by Crippen LogP contribution is 2.03. The number of hydrogen-bond donors (Lipinski definition) is 0. The highest BCUT2D eigenvalue weighted by molar-refractivity contribution is 6.21. The first-order chi connectivity index (χ1) is 4.18. The summed E-state index contributed by atoms with van der Waals surface area (Å²) in [6, 6.07) is 0. The van der Waals surface area contributed by atoms with Gasteiger partial charge in [-0.3, -0.25) is 0 Å². The zero-order valence-corrected chi connectivity index (χ0v) is 6.39. The zero-order valence-electron chi connectivity index (χ0n) is 6.39. The van der Waals surface area contributed by atoms with Crippen molar-refractivity contribution < 1.29 is 0 Å². The van der Waals surface area contributed by atoms with Crippen LogP contribution >= 0.6 is 0 Å². The van der Waals surface area contributed by atoms with Gasteiger partial charge in [-0.2, -0.15) is 0 Å². The van der Waals surface area contributed by atoms with Crippen molar-refractivity contribution in [3.8, 4) is 0 Å². The summed E-state index contributed by atoms with van der Waals surface area (Å²) in [4.78, 5) is 0. The van der Waals surface area contributed by atoms with Crippen molar-refractivity contribution in [3.63, 3.8) is 0 Å². The standard InChI is InChI=1S/C8H13B/c1-4-5-6-8(9)7(2)3/h4-7H,1-3H3/b5-4-,8-6-. The van der Waals surface area contributed by atoms with Crippen LogP contribution in [-0.2, 0) is 0 Å². The van der Waals surface area contributed by atoms with Gasteiger partial charge < -0.3 is 0 Å². The van der Waals surface area contributed by atoms with Crippen molar-refractivity contribution in [1.29, 1.82) is 0 Å². The molecule has 0 heterocycles. The number of hydrogen-bond acceptors (Lipinski definition) is 0. The third-order valence-corrected chi connectivity index (χ3v) is 1.15. The minimum Gasteiger partial charge on any atom is -0.115 e. The van der Waals surface area contributed by atoms with E-state index in [9.17, 15) is 0 Å². The molecule has 48 valence electrons. The average molecular weight is 120 g/mol. The quantitative estimate of drug-likeness (QED) is 0.387. The Morgan fingerprint density at radius 2 is 2.00 bits per heavy atom. The highest BCUT2D eigenvalue weighted by Gasteiger charge is 1.90. The van der Waals surface area contributed by atoms with Crippen molar-refractivity contribution >= 4 is 7.85 Å². The van der Waals surface area contributed by atoms with Crippen LogP contribution in [0.3, 0.4) is 0 Å². The van der Waals surface area contributed by atoms with Gasteiger partial charge in [0.25, 0.3) is 0 Å². The van der Waals surface area contributed by atoms with Crippen LogP contribution in [0.5, 0.6) is 0 Å². The normalized spacial score (nSPS) is 13.6. The molecule has 0 saturated carbocycles. The Morgan fingerprint density at radius 1 is 1.44 bits per heavy atom. The zero-order chi connectivity index (χ0) is 7.28. The summed E-state index contributed by atoms with van der Waals surface area (Å²) in [7, 11) is 5.61. The molecule has 0 fully saturated rings. The maximum Gasteiger partial charge on any atom is 0.108 e. The summed E-state index contributed by atoms with van der Waals surface area (Å²) in [5, 5.41) is 0. The second kappa shape index (κ2) is 4.43. The van der Waals surface area contributed by atoms with Crippen LogP contribution in [0.4, 0.5) is 0 Å². The molecule has 0 aromatic heterocycles. The van der Waals surface area contributed by atoms with Crippen LogP contribution in [0.1, 0.15) is 20.8 Å². The molecule has 9 heavy (non-hydrogen) atoms. The van der Waals surface area contributed by atoms with E-state index in [-0.39, 0.29) is 0 Å². The summed E-state index contributed by atoms with van der Waals surface area (Å²) < 4.78 is 0. The summed E-state index contributed by atoms with van der Waals surface area (Å²) >= 11 is 0. The number of rotatable bonds is 2. The maximum absolute atomic E-state index is 5.61. The fourth-order valence-electron chi connectivity index (χ4n) is 0.400. The van der Waals surface area contributed by atoms with Gasteiger partial charge in [-0.25, -0.2) is 0 Å². The van der Waals surface area contributed by atoms with E-state index in [1.165, 1.54) is 0 Å². The van der Waals surface area contributed by atoms with Crippen molar-refractivity contribution in [2.24, 2.45) is 5.92 Å². The van der Waals surface area contributed by atoms with Gasteiger partial charge in [-0.15, -0.1) is 5.47 Å². The van der Waals surface area contributed by atoms with Gasteiger partial charge in [0.2, 0.25) is 0 Å². The van der Waals surface area contributed by atoms with E-state index in [0.717, 1.165) is 5.47 Å². The molecule has 0 aromatic carbocycles. The smallest absolute Gasteiger partial charge is 0.108 e. The molecule has 0 nitrogen and oxygen atoms in total. The molecule has 0 aliphatic heterocycles. The van der Waals surface area contributed by atoms with Crippen molar-refractivity contribution in [2.45, 2.75) is 20.8 Å². The molecule has 0 N–H and O–H groups in total. The first-order valence-corrected chi connectivity index (χ1v) is 3.26. The third kappa shape index (κ3) is 4.08. The molecular formula is C8H13B. The van der Waals surface area contributed by atoms with E-state index in [1.54, 1.807) is 0 Å². The minimum atomic E-state index is 0.459. The summed E-state index contributed by atoms with van der Waals surface area (Å²) in [5.41, 5.74) is 0.938. The predicted molar refractivity (Wildman–Crippen MR) is 43.5 cm³/mol. The van der Waals surface area contributed by atoms with Gasteiger partial charge in [0.1, 0.15) is 7.85 Å². The van der Waals surface area contributed by atoms with Crippen LogP contribution in [0.2, 0.25) is 0 Å². The molecule has 0 saturated heterocycles. The lowest BCUT2D eigenvalue weighted by Gasteiger charge is -2.01. The van der Waals surface area contributed by atoms with E-state index in [2.05, 4.69) is 13.8 Å². The molecule has 0 bridgehead atoms. The molecule has 0 aromatic rings. The van der Waals surface area contributed by atoms with Crippen LogP contribution in [0, 0.1) is 5.92 Å². The van der Waals surface area contributed by atoms with Crippen LogP contribution < -0.4 is 0 Å². The largest absolute Gasteiger partial charge is 0.115 e. The number of allylic oxidation sites excluding steroid dienone is 4. The van der Waals surface area contributed by atoms with Gasteiger partial charge in [0.05, 0.1) is 0 Å². The van der Waals surface area contributed by atoms with Gasteiger partial charge >= 0.3 is 0 Å². The van der Waals surface area contributed by atoms with Crippen LogP contribution in [-0.4, -0.2) is 7.85 Å². The summed E-state index contributed by atoms with van der Waals surface area (Å²) in [5.74, 6) is 0.459. The second-order valence-corrected chi connectivity index (χ2v) is 2.35. The van der Waals surface area contributed by atoms with E-state index in [4.69, 9.17) is 7.85 Å². The Morgan fingerprint density at radius 3 is 2.33 bits per heavy atom. The molecule has 0 aliphatic rings. The Labute approximate surface area is 59.1 Å². The first-order valence-electron chi connectivity index (χ1n) is 3.26. The summed E-state index contributed by atoms with van der Waals surface area (Å²) in [6.07, 6.45) is 5.86. The van der Waals surface area contributed by atoms with E-state index in [0.29, 0.717) is 5.92 Å². The molecule has 0 rings (SSSR count). The van der Waals surface area contributed by atoms with Crippen LogP contribution in [0.25, 0.3) is 0 Å². The molecule has 0 unspecified atom stereocenters. The lowest BCUT2D eigenvalue weighted by atomic mass is 9.85. The molecule has 0 spiro atoms. The van der Waals surface area contributed by atoms with Crippen molar-refractivity contribution in [2.75, 3.05) is 0 Å². The lowest BCUT2D eigenvalue weighted by molar-refractivity contribution is 0.813. The average Bonchev–Trinajstić information content (AvgIpc) is 1.82. The van der Waals surface area contributed by atoms with Crippen molar-refractivity contribution in [1.82, 2.24) is 0 Å². The van der Waals surface area contributed by atoms with Gasteiger partial charge in [-0.1, -0.05) is 32.1 Å².